The van der Waals surface area contributed by atoms with Crippen LogP contribution in [0.4, 0.5) is 5.69 Å². The average molecular weight is 345 g/mol. The largest absolute Gasteiger partial charge is 0.462 e. The minimum Gasteiger partial charge on any atom is -0.462 e. The third kappa shape index (κ3) is 4.43. The number of carbonyl (C=O) groups is 3. The lowest BCUT2D eigenvalue weighted by Gasteiger charge is -2.10. The standard InChI is InChI=1S/C17H19N3O5/c1-4-24-16(22)11-8-12(17(23)25-5-2)10-13(9-11)19-15(21)14-6-7-18-20(14)3/h6-10H,4-5H2,1-3H3,(H,19,21). The van der Waals surface area contributed by atoms with Crippen molar-refractivity contribution in [3.63, 3.8) is 0 Å². The number of aryl methyl sites for hydroxylation is 1. The molecule has 1 amide bonds. The van der Waals surface area contributed by atoms with E-state index < -0.39 is 17.8 Å². The fourth-order valence-electron chi connectivity index (χ4n) is 2.16. The summed E-state index contributed by atoms with van der Waals surface area (Å²) in [5, 5.41) is 6.57. The molecule has 0 fully saturated rings. The van der Waals surface area contributed by atoms with Crippen LogP contribution in [0, 0.1) is 0 Å². The molecule has 0 bridgehead atoms. The zero-order valence-corrected chi connectivity index (χ0v) is 14.2. The maximum absolute atomic E-state index is 12.3. The van der Waals surface area contributed by atoms with Crippen molar-refractivity contribution in [2.75, 3.05) is 18.5 Å². The van der Waals surface area contributed by atoms with Gasteiger partial charge < -0.3 is 14.8 Å². The van der Waals surface area contributed by atoms with Crippen LogP contribution >= 0.6 is 0 Å². The van der Waals surface area contributed by atoms with Crippen molar-refractivity contribution in [3.05, 3.63) is 47.3 Å². The third-order valence-electron chi connectivity index (χ3n) is 3.27. The van der Waals surface area contributed by atoms with Crippen LogP contribution in [-0.4, -0.2) is 40.8 Å². The van der Waals surface area contributed by atoms with Crippen molar-refractivity contribution in [2.45, 2.75) is 13.8 Å². The summed E-state index contributed by atoms with van der Waals surface area (Å²) in [5.41, 5.74) is 0.902. The number of hydrogen-bond acceptors (Lipinski definition) is 6. The van der Waals surface area contributed by atoms with Crippen molar-refractivity contribution in [1.82, 2.24) is 9.78 Å². The highest BCUT2D eigenvalue weighted by Gasteiger charge is 2.17. The SMILES string of the molecule is CCOC(=O)c1cc(NC(=O)c2ccnn2C)cc(C(=O)OCC)c1. The topological polar surface area (TPSA) is 99.5 Å². The first kappa shape index (κ1) is 18.2. The molecule has 0 radical (unpaired) electrons. The molecule has 0 aliphatic rings. The van der Waals surface area contributed by atoms with Gasteiger partial charge in [0.15, 0.2) is 0 Å². The van der Waals surface area contributed by atoms with Crippen LogP contribution in [-0.2, 0) is 16.5 Å². The lowest BCUT2D eigenvalue weighted by molar-refractivity contribution is 0.0525. The summed E-state index contributed by atoms with van der Waals surface area (Å²) in [6, 6.07) is 5.80. The second-order valence-corrected chi connectivity index (χ2v) is 5.03. The van der Waals surface area contributed by atoms with E-state index in [1.54, 1.807) is 27.0 Å². The van der Waals surface area contributed by atoms with Crippen molar-refractivity contribution in [3.8, 4) is 0 Å². The zero-order valence-electron chi connectivity index (χ0n) is 14.2. The van der Waals surface area contributed by atoms with Gasteiger partial charge in [0.1, 0.15) is 5.69 Å². The molecular weight excluding hydrogens is 326 g/mol. The number of hydrogen-bond donors (Lipinski definition) is 1. The fourth-order valence-corrected chi connectivity index (χ4v) is 2.16. The molecule has 25 heavy (non-hydrogen) atoms. The number of anilines is 1. The summed E-state index contributed by atoms with van der Waals surface area (Å²) in [4.78, 5) is 36.3. The van der Waals surface area contributed by atoms with Gasteiger partial charge in [-0.25, -0.2) is 9.59 Å². The number of aromatic nitrogens is 2. The molecule has 0 saturated heterocycles. The van der Waals surface area contributed by atoms with Gasteiger partial charge in [0.2, 0.25) is 0 Å². The molecule has 1 heterocycles. The molecule has 8 nitrogen and oxygen atoms in total. The predicted molar refractivity (Wildman–Crippen MR) is 89.5 cm³/mol. The summed E-state index contributed by atoms with van der Waals surface area (Å²) >= 11 is 0. The van der Waals surface area contributed by atoms with Gasteiger partial charge in [-0.05, 0) is 38.1 Å². The van der Waals surface area contributed by atoms with Crippen LogP contribution in [0.2, 0.25) is 0 Å². The minimum absolute atomic E-state index is 0.146. The molecule has 2 aromatic rings. The molecule has 1 N–H and O–H groups in total. The van der Waals surface area contributed by atoms with Gasteiger partial charge in [0, 0.05) is 18.9 Å². The monoisotopic (exact) mass is 345 g/mol. The molecule has 2 rings (SSSR count). The van der Waals surface area contributed by atoms with Crippen LogP contribution in [0.5, 0.6) is 0 Å². The van der Waals surface area contributed by atoms with E-state index in [1.807, 2.05) is 0 Å². The Balaban J connectivity index is 2.35. The fraction of sp³-hybridized carbons (Fsp3) is 0.294. The Labute approximate surface area is 144 Å². The van der Waals surface area contributed by atoms with Gasteiger partial charge >= 0.3 is 11.9 Å². The van der Waals surface area contributed by atoms with E-state index in [9.17, 15) is 14.4 Å². The second kappa shape index (κ2) is 8.09. The van der Waals surface area contributed by atoms with Gasteiger partial charge in [-0.15, -0.1) is 0 Å². The summed E-state index contributed by atoms with van der Waals surface area (Å²) in [6.45, 7) is 3.74. The summed E-state index contributed by atoms with van der Waals surface area (Å²) in [6.07, 6.45) is 1.49. The molecular formula is C17H19N3O5. The van der Waals surface area contributed by atoms with Gasteiger partial charge in [0.25, 0.3) is 5.91 Å². The van der Waals surface area contributed by atoms with Crippen molar-refractivity contribution >= 4 is 23.5 Å². The van der Waals surface area contributed by atoms with E-state index in [-0.39, 0.29) is 30.0 Å². The highest BCUT2D eigenvalue weighted by Crippen LogP contribution is 2.18. The number of carbonyl (C=O) groups excluding carboxylic acids is 3. The Kier molecular flexibility index (Phi) is 5.89. The number of nitrogens with zero attached hydrogens (tertiary/aromatic N) is 2. The van der Waals surface area contributed by atoms with E-state index in [0.717, 1.165) is 0 Å². The molecule has 0 spiro atoms. The number of esters is 2. The van der Waals surface area contributed by atoms with Gasteiger partial charge in [-0.1, -0.05) is 0 Å². The molecule has 0 unspecified atom stereocenters. The summed E-state index contributed by atoms with van der Waals surface area (Å²) < 4.78 is 11.3. The molecule has 0 saturated carbocycles. The first-order valence-corrected chi connectivity index (χ1v) is 7.75. The molecule has 0 aliphatic carbocycles. The van der Waals surface area contributed by atoms with E-state index in [0.29, 0.717) is 5.69 Å². The van der Waals surface area contributed by atoms with Crippen molar-refractivity contribution < 1.29 is 23.9 Å². The number of ether oxygens (including phenoxy) is 2. The smallest absolute Gasteiger partial charge is 0.338 e. The first-order chi connectivity index (χ1) is 12.0. The Morgan fingerprint density at radius 1 is 1.04 bits per heavy atom. The lowest BCUT2D eigenvalue weighted by Crippen LogP contribution is -2.17. The van der Waals surface area contributed by atoms with Crippen LogP contribution < -0.4 is 5.32 Å². The maximum atomic E-state index is 12.3. The molecule has 1 aromatic carbocycles. The second-order valence-electron chi connectivity index (χ2n) is 5.03. The molecule has 8 heteroatoms. The van der Waals surface area contributed by atoms with Crippen molar-refractivity contribution in [1.29, 1.82) is 0 Å². The molecule has 1 aromatic heterocycles. The zero-order chi connectivity index (χ0) is 18.4. The van der Waals surface area contributed by atoms with Crippen LogP contribution in [0.3, 0.4) is 0 Å². The van der Waals surface area contributed by atoms with E-state index in [1.165, 1.54) is 29.1 Å². The minimum atomic E-state index is -0.593. The highest BCUT2D eigenvalue weighted by atomic mass is 16.5. The first-order valence-electron chi connectivity index (χ1n) is 7.75. The quantitative estimate of drug-likeness (QED) is 0.804. The summed E-state index contributed by atoms with van der Waals surface area (Å²) in [7, 11) is 1.63. The molecule has 0 atom stereocenters. The Bertz CT molecular complexity index is 761. The van der Waals surface area contributed by atoms with Crippen LogP contribution in [0.15, 0.2) is 30.5 Å². The highest BCUT2D eigenvalue weighted by molar-refractivity contribution is 6.05. The van der Waals surface area contributed by atoms with Crippen molar-refractivity contribution in [2.24, 2.45) is 7.05 Å². The Hall–Kier alpha value is -3.16. The molecule has 132 valence electrons. The van der Waals surface area contributed by atoms with Crippen LogP contribution in [0.25, 0.3) is 0 Å². The molecule has 0 aliphatic heterocycles. The van der Waals surface area contributed by atoms with E-state index >= 15 is 0 Å². The summed E-state index contributed by atoms with van der Waals surface area (Å²) in [5.74, 6) is -1.61. The number of rotatable bonds is 6. The van der Waals surface area contributed by atoms with Gasteiger partial charge in [-0.3, -0.25) is 9.48 Å². The lowest BCUT2D eigenvalue weighted by atomic mass is 10.1. The predicted octanol–water partition coefficient (Wildman–Crippen LogP) is 2.03. The number of nitrogens with one attached hydrogen (secondary N) is 1. The number of amides is 1. The Morgan fingerprint density at radius 3 is 2.04 bits per heavy atom. The number of benzene rings is 1. The van der Waals surface area contributed by atoms with Crippen LogP contribution in [0.1, 0.15) is 45.1 Å². The average Bonchev–Trinajstić information content (AvgIpc) is 3.01. The van der Waals surface area contributed by atoms with E-state index in [2.05, 4.69) is 10.4 Å². The third-order valence-corrected chi connectivity index (χ3v) is 3.27. The Morgan fingerprint density at radius 2 is 1.60 bits per heavy atom. The normalized spacial score (nSPS) is 10.2. The maximum Gasteiger partial charge on any atom is 0.338 e. The van der Waals surface area contributed by atoms with Gasteiger partial charge in [0.05, 0.1) is 24.3 Å². The van der Waals surface area contributed by atoms with Gasteiger partial charge in [-0.2, -0.15) is 5.10 Å². The van der Waals surface area contributed by atoms with E-state index in [4.69, 9.17) is 9.47 Å².